The summed E-state index contributed by atoms with van der Waals surface area (Å²) in [6.07, 6.45) is 0. The van der Waals surface area contributed by atoms with Crippen LogP contribution in [0.3, 0.4) is 0 Å². The summed E-state index contributed by atoms with van der Waals surface area (Å²) in [4.78, 5) is 37.2. The lowest BCUT2D eigenvalue weighted by Crippen LogP contribution is -2.31. The molecule has 0 unspecified atom stereocenters. The standard InChI is InChI=1S/C20H21N5O4/c1-12-7-13(11-29-4)15(9-21)19(27)25(12)10-18(26)22-14-5-6-16-17(8-14)24(3)20(28)23(16)2/h5-8H,10-11H2,1-4H3,(H,22,26). The van der Waals surface area contributed by atoms with Gasteiger partial charge in [-0.25, -0.2) is 4.79 Å². The van der Waals surface area contributed by atoms with E-state index in [1.165, 1.54) is 20.8 Å². The molecule has 0 aliphatic rings. The van der Waals surface area contributed by atoms with Gasteiger partial charge in [-0.15, -0.1) is 0 Å². The second-order valence-corrected chi connectivity index (χ2v) is 6.77. The van der Waals surface area contributed by atoms with Crippen molar-refractivity contribution in [3.8, 4) is 6.07 Å². The van der Waals surface area contributed by atoms with Crippen LogP contribution in [0.15, 0.2) is 33.9 Å². The van der Waals surface area contributed by atoms with Crippen molar-refractivity contribution >= 4 is 22.6 Å². The number of nitrogens with zero attached hydrogens (tertiary/aromatic N) is 4. The number of rotatable bonds is 5. The number of pyridine rings is 1. The summed E-state index contributed by atoms with van der Waals surface area (Å²) in [5.41, 5.74) is 2.24. The lowest BCUT2D eigenvalue weighted by molar-refractivity contribution is -0.116. The summed E-state index contributed by atoms with van der Waals surface area (Å²) in [6, 6.07) is 8.70. The van der Waals surface area contributed by atoms with Crippen LogP contribution in [0.1, 0.15) is 16.8 Å². The molecule has 3 aromatic rings. The Morgan fingerprint density at radius 2 is 1.86 bits per heavy atom. The fourth-order valence-electron chi connectivity index (χ4n) is 3.35. The summed E-state index contributed by atoms with van der Waals surface area (Å²) in [5.74, 6) is -0.418. The molecule has 0 aliphatic heterocycles. The number of carbonyl (C=O) groups is 1. The van der Waals surface area contributed by atoms with Crippen LogP contribution in [0.2, 0.25) is 0 Å². The average molecular weight is 395 g/mol. The van der Waals surface area contributed by atoms with Gasteiger partial charge < -0.3 is 14.6 Å². The molecule has 0 atom stereocenters. The molecule has 1 N–H and O–H groups in total. The van der Waals surface area contributed by atoms with E-state index in [1.807, 2.05) is 6.07 Å². The molecule has 1 amide bonds. The number of benzene rings is 1. The Morgan fingerprint density at radius 1 is 1.17 bits per heavy atom. The molecule has 2 aromatic heterocycles. The van der Waals surface area contributed by atoms with Crippen LogP contribution in [0.4, 0.5) is 5.69 Å². The van der Waals surface area contributed by atoms with Crippen LogP contribution in [0.25, 0.3) is 11.0 Å². The van der Waals surface area contributed by atoms with Crippen LogP contribution in [0.5, 0.6) is 0 Å². The maximum Gasteiger partial charge on any atom is 0.328 e. The van der Waals surface area contributed by atoms with Crippen molar-refractivity contribution in [2.75, 3.05) is 12.4 Å². The second kappa shape index (κ2) is 7.77. The lowest BCUT2D eigenvalue weighted by Gasteiger charge is -2.13. The number of nitriles is 1. The van der Waals surface area contributed by atoms with Gasteiger partial charge in [-0.1, -0.05) is 0 Å². The number of amides is 1. The highest BCUT2D eigenvalue weighted by atomic mass is 16.5. The van der Waals surface area contributed by atoms with Crippen molar-refractivity contribution < 1.29 is 9.53 Å². The number of nitrogens with one attached hydrogen (secondary N) is 1. The molecular weight excluding hydrogens is 374 g/mol. The molecule has 0 bridgehead atoms. The smallest absolute Gasteiger partial charge is 0.328 e. The van der Waals surface area contributed by atoms with Crippen LogP contribution in [-0.2, 0) is 36.8 Å². The second-order valence-electron chi connectivity index (χ2n) is 6.77. The molecule has 0 radical (unpaired) electrons. The maximum absolute atomic E-state index is 12.6. The number of imidazole rings is 1. The maximum atomic E-state index is 12.6. The topological polar surface area (TPSA) is 111 Å². The van der Waals surface area contributed by atoms with Crippen molar-refractivity contribution in [2.45, 2.75) is 20.1 Å². The number of methoxy groups -OCH3 is 1. The predicted octanol–water partition coefficient (Wildman–Crippen LogP) is 1.00. The highest BCUT2D eigenvalue weighted by molar-refractivity contribution is 5.93. The number of hydrogen-bond donors (Lipinski definition) is 1. The van der Waals surface area contributed by atoms with Crippen LogP contribution >= 0.6 is 0 Å². The van der Waals surface area contributed by atoms with E-state index in [9.17, 15) is 19.6 Å². The largest absolute Gasteiger partial charge is 0.380 e. The molecule has 150 valence electrons. The summed E-state index contributed by atoms with van der Waals surface area (Å²) >= 11 is 0. The Morgan fingerprint density at radius 3 is 2.52 bits per heavy atom. The molecule has 9 nitrogen and oxygen atoms in total. The van der Waals surface area contributed by atoms with Gasteiger partial charge in [0.25, 0.3) is 5.56 Å². The van der Waals surface area contributed by atoms with Gasteiger partial charge in [0.05, 0.1) is 17.6 Å². The Labute approximate surface area is 166 Å². The molecule has 29 heavy (non-hydrogen) atoms. The quantitative estimate of drug-likeness (QED) is 0.693. The zero-order chi connectivity index (χ0) is 21.3. The molecule has 0 aliphatic carbocycles. The Kier molecular flexibility index (Phi) is 5.39. The van der Waals surface area contributed by atoms with Crippen molar-refractivity contribution in [1.82, 2.24) is 13.7 Å². The minimum atomic E-state index is -0.532. The third-order valence-corrected chi connectivity index (χ3v) is 4.86. The SMILES string of the molecule is COCc1cc(C)n(CC(=O)Nc2ccc3c(c2)n(C)c(=O)n3C)c(=O)c1C#N. The van der Waals surface area contributed by atoms with Gasteiger partial charge in [0.1, 0.15) is 18.2 Å². The van der Waals surface area contributed by atoms with E-state index in [1.54, 1.807) is 45.3 Å². The molecule has 0 saturated heterocycles. The van der Waals surface area contributed by atoms with E-state index in [0.29, 0.717) is 22.5 Å². The molecule has 0 fully saturated rings. The monoisotopic (exact) mass is 395 g/mol. The minimum absolute atomic E-state index is 0.0362. The fraction of sp³-hybridized carbons (Fsp3) is 0.300. The summed E-state index contributed by atoms with van der Waals surface area (Å²) in [7, 11) is 4.82. The van der Waals surface area contributed by atoms with Gasteiger partial charge in [0, 0.05) is 38.1 Å². The molecule has 3 rings (SSSR count). The third kappa shape index (κ3) is 3.58. The van der Waals surface area contributed by atoms with Gasteiger partial charge in [-0.2, -0.15) is 5.26 Å². The van der Waals surface area contributed by atoms with Crippen molar-refractivity contribution in [3.05, 3.63) is 61.9 Å². The Balaban J connectivity index is 1.89. The van der Waals surface area contributed by atoms with Crippen LogP contribution in [-0.4, -0.2) is 26.7 Å². The fourth-order valence-corrected chi connectivity index (χ4v) is 3.35. The van der Waals surface area contributed by atoms with Crippen molar-refractivity contribution in [3.63, 3.8) is 0 Å². The minimum Gasteiger partial charge on any atom is -0.380 e. The van der Waals surface area contributed by atoms with Gasteiger partial charge in [0.2, 0.25) is 5.91 Å². The number of anilines is 1. The molecule has 0 saturated carbocycles. The van der Waals surface area contributed by atoms with Gasteiger partial charge >= 0.3 is 5.69 Å². The molecule has 2 heterocycles. The normalized spacial score (nSPS) is 10.9. The first-order valence-corrected chi connectivity index (χ1v) is 8.86. The highest BCUT2D eigenvalue weighted by Crippen LogP contribution is 2.17. The first-order valence-electron chi connectivity index (χ1n) is 8.86. The zero-order valence-electron chi connectivity index (χ0n) is 16.6. The molecular formula is C20H21N5O4. The number of aryl methyl sites for hydroxylation is 3. The van der Waals surface area contributed by atoms with Gasteiger partial charge in [0.15, 0.2) is 0 Å². The van der Waals surface area contributed by atoms with Crippen molar-refractivity contribution in [1.29, 1.82) is 5.26 Å². The highest BCUT2D eigenvalue weighted by Gasteiger charge is 2.16. The lowest BCUT2D eigenvalue weighted by atomic mass is 10.1. The van der Waals surface area contributed by atoms with E-state index in [-0.39, 0.29) is 24.4 Å². The van der Waals surface area contributed by atoms with Gasteiger partial charge in [-0.05, 0) is 31.2 Å². The first kappa shape index (κ1) is 20.1. The zero-order valence-corrected chi connectivity index (χ0v) is 16.6. The first-order chi connectivity index (χ1) is 13.8. The number of ether oxygens (including phenoxy) is 1. The van der Waals surface area contributed by atoms with E-state index in [0.717, 1.165) is 5.52 Å². The van der Waals surface area contributed by atoms with E-state index in [2.05, 4.69) is 5.32 Å². The van der Waals surface area contributed by atoms with Gasteiger partial charge in [-0.3, -0.25) is 18.7 Å². The van der Waals surface area contributed by atoms with Crippen LogP contribution in [0, 0.1) is 18.3 Å². The summed E-state index contributed by atoms with van der Waals surface area (Å²) < 4.78 is 9.30. The van der Waals surface area contributed by atoms with Crippen LogP contribution < -0.4 is 16.6 Å². The Hall–Kier alpha value is -3.64. The van der Waals surface area contributed by atoms with E-state index >= 15 is 0 Å². The van der Waals surface area contributed by atoms with E-state index in [4.69, 9.17) is 4.74 Å². The van der Waals surface area contributed by atoms with Crippen molar-refractivity contribution in [2.24, 2.45) is 14.1 Å². The number of carbonyl (C=O) groups excluding carboxylic acids is 1. The summed E-state index contributed by atoms with van der Waals surface area (Å²) in [6.45, 7) is 1.60. The van der Waals surface area contributed by atoms with E-state index < -0.39 is 11.5 Å². The third-order valence-electron chi connectivity index (χ3n) is 4.86. The summed E-state index contributed by atoms with van der Waals surface area (Å²) in [5, 5.41) is 12.1. The molecule has 1 aromatic carbocycles. The number of aromatic nitrogens is 3. The predicted molar refractivity (Wildman–Crippen MR) is 108 cm³/mol. The Bertz CT molecular complexity index is 1270. The number of fused-ring (bicyclic) bond motifs is 1. The number of hydrogen-bond acceptors (Lipinski definition) is 5. The molecule has 0 spiro atoms. The average Bonchev–Trinajstić information content (AvgIpc) is 2.89. The molecule has 9 heteroatoms.